The van der Waals surface area contributed by atoms with Gasteiger partial charge >= 0.3 is 0 Å². The maximum atomic E-state index is 5.76. The van der Waals surface area contributed by atoms with Gasteiger partial charge in [0, 0.05) is 31.8 Å². The van der Waals surface area contributed by atoms with E-state index >= 15 is 0 Å². The summed E-state index contributed by atoms with van der Waals surface area (Å²) >= 11 is 0. The molecule has 1 heterocycles. The van der Waals surface area contributed by atoms with Crippen LogP contribution in [0.1, 0.15) is 37.8 Å². The molecule has 2 rings (SSSR count). The van der Waals surface area contributed by atoms with Crippen LogP contribution in [-0.2, 0) is 17.7 Å². The topological polar surface area (TPSA) is 55.3 Å². The number of ether oxygens (including phenoxy) is 3. The molecule has 1 aliphatic heterocycles. The van der Waals surface area contributed by atoms with Gasteiger partial charge in [-0.05, 0) is 50.8 Å². The summed E-state index contributed by atoms with van der Waals surface area (Å²) in [5.74, 6) is 2.45. The lowest BCUT2D eigenvalue weighted by atomic mass is 10.1. The molecule has 0 aromatic heterocycles. The molecule has 0 radical (unpaired) electrons. The molecular weight excluding hydrogens is 481 g/mol. The van der Waals surface area contributed by atoms with Crippen LogP contribution in [-0.4, -0.2) is 57.4 Å². The Morgan fingerprint density at radius 1 is 1.24 bits per heavy atom. The van der Waals surface area contributed by atoms with E-state index < -0.39 is 0 Å². The van der Waals surface area contributed by atoms with Gasteiger partial charge in [0.05, 0.1) is 26.9 Å². The van der Waals surface area contributed by atoms with Crippen molar-refractivity contribution < 1.29 is 14.2 Å². The number of nitrogens with zero attached hydrogens (tertiary/aromatic N) is 2. The first-order chi connectivity index (χ1) is 13.7. The van der Waals surface area contributed by atoms with E-state index in [0.29, 0.717) is 12.6 Å². The van der Waals surface area contributed by atoms with Crippen LogP contribution in [0, 0.1) is 0 Å². The van der Waals surface area contributed by atoms with Crippen LogP contribution in [0.3, 0.4) is 0 Å². The number of hydrogen-bond acceptors (Lipinski definition) is 4. The molecule has 7 heteroatoms. The van der Waals surface area contributed by atoms with Crippen LogP contribution in [0.4, 0.5) is 0 Å². The summed E-state index contributed by atoms with van der Waals surface area (Å²) in [6.45, 7) is 12.1. The largest absolute Gasteiger partial charge is 0.493 e. The fourth-order valence-corrected chi connectivity index (χ4v) is 3.57. The van der Waals surface area contributed by atoms with Crippen LogP contribution < -0.4 is 14.8 Å². The van der Waals surface area contributed by atoms with Crippen LogP contribution in [0.15, 0.2) is 29.8 Å². The average Bonchev–Trinajstić information content (AvgIpc) is 2.72. The first-order valence-corrected chi connectivity index (χ1v) is 10.2. The van der Waals surface area contributed by atoms with Crippen LogP contribution in [0.25, 0.3) is 0 Å². The van der Waals surface area contributed by atoms with Crippen molar-refractivity contribution in [2.24, 2.45) is 4.99 Å². The molecule has 0 spiro atoms. The van der Waals surface area contributed by atoms with Crippen molar-refractivity contribution in [3.05, 3.63) is 35.9 Å². The van der Waals surface area contributed by atoms with E-state index in [0.717, 1.165) is 74.1 Å². The number of likely N-dealkylation sites (tertiary alicyclic amines) is 1. The van der Waals surface area contributed by atoms with Gasteiger partial charge in [0.15, 0.2) is 17.5 Å². The highest BCUT2D eigenvalue weighted by Crippen LogP contribution is 2.33. The third-order valence-corrected chi connectivity index (χ3v) is 4.87. The number of rotatable bonds is 9. The third-order valence-electron chi connectivity index (χ3n) is 4.87. The molecule has 1 N–H and O–H groups in total. The van der Waals surface area contributed by atoms with Gasteiger partial charge in [0.25, 0.3) is 0 Å². The van der Waals surface area contributed by atoms with Gasteiger partial charge in [-0.1, -0.05) is 6.08 Å². The van der Waals surface area contributed by atoms with E-state index in [4.69, 9.17) is 19.2 Å². The summed E-state index contributed by atoms with van der Waals surface area (Å²) in [5.41, 5.74) is 2.15. The maximum Gasteiger partial charge on any atom is 0.194 e. The highest BCUT2D eigenvalue weighted by molar-refractivity contribution is 14.0. The molecule has 0 amide bonds. The van der Waals surface area contributed by atoms with Crippen molar-refractivity contribution in [2.75, 3.05) is 40.5 Å². The molecule has 1 saturated heterocycles. The van der Waals surface area contributed by atoms with Crippen molar-refractivity contribution in [3.63, 3.8) is 0 Å². The van der Waals surface area contributed by atoms with Crippen molar-refractivity contribution in [3.8, 4) is 11.5 Å². The van der Waals surface area contributed by atoms with Gasteiger partial charge in [-0.15, -0.1) is 30.6 Å². The van der Waals surface area contributed by atoms with Crippen LogP contribution in [0.2, 0.25) is 0 Å². The Bertz CT molecular complexity index is 659. The first kappa shape index (κ1) is 25.6. The van der Waals surface area contributed by atoms with E-state index in [9.17, 15) is 0 Å². The summed E-state index contributed by atoms with van der Waals surface area (Å²) in [4.78, 5) is 7.20. The molecule has 1 aliphatic rings. The van der Waals surface area contributed by atoms with Gasteiger partial charge in [-0.3, -0.25) is 0 Å². The lowest BCUT2D eigenvalue weighted by Crippen LogP contribution is -2.47. The van der Waals surface area contributed by atoms with Gasteiger partial charge in [-0.2, -0.15) is 0 Å². The number of methoxy groups -OCH3 is 2. The van der Waals surface area contributed by atoms with Crippen molar-refractivity contribution >= 4 is 29.9 Å². The fourth-order valence-electron chi connectivity index (χ4n) is 3.57. The first-order valence-electron chi connectivity index (χ1n) is 10.2. The molecular formula is C22H36IN3O3. The highest BCUT2D eigenvalue weighted by Gasteiger charge is 2.21. The van der Waals surface area contributed by atoms with Crippen LogP contribution >= 0.6 is 24.0 Å². The third kappa shape index (κ3) is 7.37. The van der Waals surface area contributed by atoms with E-state index in [1.54, 1.807) is 14.2 Å². The number of allylic oxidation sites excluding steroid dienone is 1. The quantitative estimate of drug-likeness (QED) is 0.232. The highest BCUT2D eigenvalue weighted by atomic mass is 127. The monoisotopic (exact) mass is 517 g/mol. The number of guanidine groups is 1. The van der Waals surface area contributed by atoms with Gasteiger partial charge in [-0.25, -0.2) is 4.99 Å². The van der Waals surface area contributed by atoms with Gasteiger partial charge < -0.3 is 24.4 Å². The summed E-state index contributed by atoms with van der Waals surface area (Å²) in [6.07, 6.45) is 5.05. The summed E-state index contributed by atoms with van der Waals surface area (Å²) in [5, 5.41) is 3.42. The smallest absolute Gasteiger partial charge is 0.194 e. The summed E-state index contributed by atoms with van der Waals surface area (Å²) in [7, 11) is 3.33. The Morgan fingerprint density at radius 2 is 1.97 bits per heavy atom. The standard InChI is InChI=1S/C22H35N3O3.HI/c1-6-9-18-14-17(15-20(26-4)21(18)27-5)16-24-22(23-7-2)25-12-10-19(11-13-25)28-8-3;/h6,14-15,19H,1,7-13,16H2,2-5H3,(H,23,24);1H. The number of nitrogens with one attached hydrogen (secondary N) is 1. The molecule has 6 nitrogen and oxygen atoms in total. The minimum Gasteiger partial charge on any atom is -0.493 e. The molecule has 1 aromatic carbocycles. The zero-order valence-electron chi connectivity index (χ0n) is 18.2. The van der Waals surface area contributed by atoms with Crippen molar-refractivity contribution in [1.29, 1.82) is 0 Å². The second-order valence-corrected chi connectivity index (χ2v) is 6.80. The molecule has 0 aliphatic carbocycles. The summed E-state index contributed by atoms with van der Waals surface area (Å²) < 4.78 is 16.8. The Hall–Kier alpha value is -1.48. The number of benzene rings is 1. The van der Waals surface area contributed by atoms with Crippen molar-refractivity contribution in [1.82, 2.24) is 10.2 Å². The molecule has 0 atom stereocenters. The number of piperidine rings is 1. The molecule has 0 bridgehead atoms. The number of aliphatic imine (C=N–C) groups is 1. The minimum atomic E-state index is 0. The average molecular weight is 517 g/mol. The zero-order valence-corrected chi connectivity index (χ0v) is 20.5. The van der Waals surface area contributed by atoms with Crippen LogP contribution in [0.5, 0.6) is 11.5 Å². The Labute approximate surface area is 192 Å². The summed E-state index contributed by atoms with van der Waals surface area (Å²) in [6, 6.07) is 4.12. The maximum absolute atomic E-state index is 5.76. The SMILES string of the molecule is C=CCc1cc(CN=C(NCC)N2CCC(OCC)CC2)cc(OC)c1OC.I. The van der Waals surface area contributed by atoms with Gasteiger partial charge in [0.2, 0.25) is 0 Å². The minimum absolute atomic E-state index is 0. The Kier molecular flexibility index (Phi) is 12.1. The number of halogens is 1. The fraction of sp³-hybridized carbons (Fsp3) is 0.591. The predicted molar refractivity (Wildman–Crippen MR) is 130 cm³/mol. The Morgan fingerprint density at radius 3 is 2.52 bits per heavy atom. The molecule has 1 fully saturated rings. The second-order valence-electron chi connectivity index (χ2n) is 6.80. The second kappa shape index (κ2) is 13.7. The van der Waals surface area contributed by atoms with E-state index in [1.165, 1.54) is 0 Å². The predicted octanol–water partition coefficient (Wildman–Crippen LogP) is 4.02. The molecule has 29 heavy (non-hydrogen) atoms. The lowest BCUT2D eigenvalue weighted by molar-refractivity contribution is 0.0263. The van der Waals surface area contributed by atoms with E-state index in [-0.39, 0.29) is 24.0 Å². The molecule has 0 unspecified atom stereocenters. The van der Waals surface area contributed by atoms with E-state index in [1.807, 2.05) is 12.1 Å². The van der Waals surface area contributed by atoms with Gasteiger partial charge in [0.1, 0.15) is 0 Å². The van der Waals surface area contributed by atoms with Crippen molar-refractivity contribution in [2.45, 2.75) is 45.8 Å². The molecule has 0 saturated carbocycles. The van der Waals surface area contributed by atoms with E-state index in [2.05, 4.69) is 36.7 Å². The zero-order chi connectivity index (χ0) is 20.4. The number of hydrogen-bond donors (Lipinski definition) is 1. The molecule has 164 valence electrons. The molecule has 1 aromatic rings. The lowest BCUT2D eigenvalue weighted by Gasteiger charge is -2.34. The normalized spacial score (nSPS) is 14.9. The Balaban J connectivity index is 0.00000420.